The molecule has 0 atom stereocenters. The molecule has 1 saturated carbocycles. The molecule has 0 radical (unpaired) electrons. The van der Waals surface area contributed by atoms with Crippen LogP contribution in [0.2, 0.25) is 0 Å². The lowest BCUT2D eigenvalue weighted by Gasteiger charge is -2.26. The number of carbonyl (C=O) groups excluding carboxylic acids is 1. The van der Waals surface area contributed by atoms with Gasteiger partial charge in [-0.25, -0.2) is 9.97 Å². The average Bonchev–Trinajstić information content (AvgIpc) is 3.44. The Kier molecular flexibility index (Phi) is 5.04. The van der Waals surface area contributed by atoms with Crippen molar-refractivity contribution in [3.8, 4) is 16.3 Å². The quantitative estimate of drug-likeness (QED) is 0.515. The molecular formula is C23H23N5OS. The molecular weight excluding hydrogens is 394 g/mol. The molecule has 30 heavy (non-hydrogen) atoms. The monoisotopic (exact) mass is 417 g/mol. The Morgan fingerprint density at radius 3 is 2.67 bits per heavy atom. The fraction of sp³-hybridized carbons (Fsp3) is 0.304. The van der Waals surface area contributed by atoms with Gasteiger partial charge in [-0.1, -0.05) is 19.1 Å². The highest BCUT2D eigenvalue weighted by Crippen LogP contribution is 2.34. The van der Waals surface area contributed by atoms with E-state index in [-0.39, 0.29) is 11.9 Å². The van der Waals surface area contributed by atoms with E-state index in [0.29, 0.717) is 17.2 Å². The number of amides is 1. The van der Waals surface area contributed by atoms with E-state index in [1.807, 2.05) is 35.7 Å². The minimum atomic E-state index is -0.139. The summed E-state index contributed by atoms with van der Waals surface area (Å²) in [7, 11) is 0. The highest BCUT2D eigenvalue weighted by Gasteiger charge is 2.26. The molecule has 152 valence electrons. The van der Waals surface area contributed by atoms with Crippen molar-refractivity contribution >= 4 is 28.3 Å². The van der Waals surface area contributed by atoms with Gasteiger partial charge in [-0.05, 0) is 61.2 Å². The van der Waals surface area contributed by atoms with Gasteiger partial charge in [0, 0.05) is 28.9 Å². The summed E-state index contributed by atoms with van der Waals surface area (Å²) in [6.07, 6.45) is 7.81. The maximum atomic E-state index is 13.3. The second-order valence-corrected chi connectivity index (χ2v) is 8.86. The first-order valence-electron chi connectivity index (χ1n) is 10.3. The van der Waals surface area contributed by atoms with E-state index in [1.165, 1.54) is 0 Å². The van der Waals surface area contributed by atoms with Crippen LogP contribution in [0.1, 0.15) is 43.1 Å². The largest absolute Gasteiger partial charge is 0.348 e. The molecule has 4 aromatic rings. The fourth-order valence-corrected chi connectivity index (χ4v) is 4.89. The molecule has 6 nitrogen and oxygen atoms in total. The second kappa shape index (κ2) is 7.99. The lowest BCUT2D eigenvalue weighted by atomic mass is 9.87. The van der Waals surface area contributed by atoms with Crippen molar-refractivity contribution in [1.29, 1.82) is 0 Å². The van der Waals surface area contributed by atoms with Gasteiger partial charge in [-0.3, -0.25) is 4.79 Å². The summed E-state index contributed by atoms with van der Waals surface area (Å²) in [5.41, 5.74) is 2.02. The Labute approximate surface area is 179 Å². The zero-order chi connectivity index (χ0) is 20.5. The zero-order valence-corrected chi connectivity index (χ0v) is 17.6. The maximum Gasteiger partial charge on any atom is 0.272 e. The van der Waals surface area contributed by atoms with Gasteiger partial charge in [0.25, 0.3) is 5.91 Å². The number of thiophene rings is 1. The highest BCUT2D eigenvalue weighted by molar-refractivity contribution is 7.13. The van der Waals surface area contributed by atoms with Gasteiger partial charge in [0.15, 0.2) is 17.2 Å². The lowest BCUT2D eigenvalue weighted by Crippen LogP contribution is -2.37. The van der Waals surface area contributed by atoms with E-state index < -0.39 is 0 Å². The van der Waals surface area contributed by atoms with Crippen molar-refractivity contribution in [2.24, 2.45) is 5.92 Å². The van der Waals surface area contributed by atoms with Crippen molar-refractivity contribution < 1.29 is 4.79 Å². The molecule has 0 aliphatic heterocycles. The zero-order valence-electron chi connectivity index (χ0n) is 16.8. The van der Waals surface area contributed by atoms with E-state index >= 15 is 0 Å². The van der Waals surface area contributed by atoms with Crippen LogP contribution in [0.3, 0.4) is 0 Å². The Bertz CT molecular complexity index is 1160. The molecule has 1 amide bonds. The summed E-state index contributed by atoms with van der Waals surface area (Å²) >= 11 is 1.64. The number of fused-ring (bicyclic) bond motifs is 1. The van der Waals surface area contributed by atoms with Crippen LogP contribution in [0.15, 0.2) is 54.2 Å². The lowest BCUT2D eigenvalue weighted by molar-refractivity contribution is 0.0919. The summed E-state index contributed by atoms with van der Waals surface area (Å²) in [5.74, 6) is 1.24. The topological polar surface area (TPSA) is 72.7 Å². The predicted octanol–water partition coefficient (Wildman–Crippen LogP) is 4.85. The summed E-state index contributed by atoms with van der Waals surface area (Å²) in [6, 6.07) is 11.9. The van der Waals surface area contributed by atoms with Crippen LogP contribution < -0.4 is 5.32 Å². The molecule has 5 rings (SSSR count). The van der Waals surface area contributed by atoms with Crippen LogP contribution in [-0.4, -0.2) is 31.7 Å². The van der Waals surface area contributed by atoms with E-state index in [4.69, 9.17) is 5.10 Å². The van der Waals surface area contributed by atoms with Gasteiger partial charge in [-0.2, -0.15) is 9.78 Å². The molecule has 0 spiro atoms. The normalized spacial score (nSPS) is 19.1. The van der Waals surface area contributed by atoms with Crippen molar-refractivity contribution in [3.05, 3.63) is 59.9 Å². The van der Waals surface area contributed by atoms with E-state index in [0.717, 1.165) is 47.4 Å². The summed E-state index contributed by atoms with van der Waals surface area (Å²) in [4.78, 5) is 23.4. The second-order valence-electron chi connectivity index (χ2n) is 7.91. The minimum absolute atomic E-state index is 0.139. The van der Waals surface area contributed by atoms with Crippen LogP contribution in [0.5, 0.6) is 0 Å². The molecule has 0 saturated heterocycles. The molecule has 1 aliphatic carbocycles. The van der Waals surface area contributed by atoms with Gasteiger partial charge in [0.2, 0.25) is 0 Å². The SMILES string of the molecule is CC1CCC(NC(=O)c2nn(-c3ccccn3)c3nccc(-c4cccs4)c23)CC1. The van der Waals surface area contributed by atoms with Gasteiger partial charge in [0.1, 0.15) is 0 Å². The van der Waals surface area contributed by atoms with Crippen LogP contribution in [0, 0.1) is 5.92 Å². The molecule has 1 fully saturated rings. The molecule has 1 N–H and O–H groups in total. The number of hydrogen-bond acceptors (Lipinski definition) is 5. The average molecular weight is 418 g/mol. The van der Waals surface area contributed by atoms with E-state index in [9.17, 15) is 4.79 Å². The van der Waals surface area contributed by atoms with Gasteiger partial charge in [-0.15, -0.1) is 11.3 Å². The first-order valence-corrected chi connectivity index (χ1v) is 11.2. The van der Waals surface area contributed by atoms with Crippen molar-refractivity contribution in [2.45, 2.75) is 38.6 Å². The number of pyridine rings is 2. The highest BCUT2D eigenvalue weighted by atomic mass is 32.1. The molecule has 0 unspecified atom stereocenters. The molecule has 1 aliphatic rings. The predicted molar refractivity (Wildman–Crippen MR) is 119 cm³/mol. The third-order valence-corrected chi connectivity index (χ3v) is 6.69. The number of carbonyl (C=O) groups is 1. The van der Waals surface area contributed by atoms with Crippen LogP contribution in [0.4, 0.5) is 0 Å². The fourth-order valence-electron chi connectivity index (χ4n) is 4.14. The van der Waals surface area contributed by atoms with E-state index in [1.54, 1.807) is 28.4 Å². The van der Waals surface area contributed by atoms with Crippen molar-refractivity contribution in [2.75, 3.05) is 0 Å². The van der Waals surface area contributed by atoms with Gasteiger partial charge < -0.3 is 5.32 Å². The molecule has 0 aromatic carbocycles. The molecule has 4 aromatic heterocycles. The number of aromatic nitrogens is 4. The summed E-state index contributed by atoms with van der Waals surface area (Å²) < 4.78 is 1.67. The standard InChI is InChI=1S/C23H23N5OS/c1-15-7-9-16(10-8-15)26-23(29)21-20-17(18-5-4-14-30-18)11-13-25-22(20)28(27-21)19-6-2-3-12-24-19/h2-6,11-16H,7-10H2,1H3,(H,26,29). The minimum Gasteiger partial charge on any atom is -0.348 e. The smallest absolute Gasteiger partial charge is 0.272 e. The van der Waals surface area contributed by atoms with Crippen molar-refractivity contribution in [1.82, 2.24) is 25.1 Å². The number of nitrogens with one attached hydrogen (secondary N) is 1. The van der Waals surface area contributed by atoms with Crippen LogP contribution in [-0.2, 0) is 0 Å². The van der Waals surface area contributed by atoms with Crippen LogP contribution in [0.25, 0.3) is 27.3 Å². The molecule has 4 heterocycles. The molecule has 0 bridgehead atoms. The third kappa shape index (κ3) is 3.50. The van der Waals surface area contributed by atoms with Gasteiger partial charge >= 0.3 is 0 Å². The number of rotatable bonds is 4. The van der Waals surface area contributed by atoms with E-state index in [2.05, 4.69) is 28.3 Å². The third-order valence-electron chi connectivity index (χ3n) is 5.79. The number of hydrogen-bond donors (Lipinski definition) is 1. The Balaban J connectivity index is 1.62. The summed E-state index contributed by atoms with van der Waals surface area (Å²) in [5, 5.41) is 10.7. The Hall–Kier alpha value is -3.06. The van der Waals surface area contributed by atoms with Crippen molar-refractivity contribution in [3.63, 3.8) is 0 Å². The Morgan fingerprint density at radius 1 is 1.07 bits per heavy atom. The Morgan fingerprint density at radius 2 is 1.93 bits per heavy atom. The first kappa shape index (κ1) is 18.9. The number of nitrogens with zero attached hydrogens (tertiary/aromatic N) is 4. The summed E-state index contributed by atoms with van der Waals surface area (Å²) in [6.45, 7) is 2.28. The van der Waals surface area contributed by atoms with Gasteiger partial charge in [0.05, 0.1) is 5.39 Å². The first-order chi connectivity index (χ1) is 14.7. The van der Waals surface area contributed by atoms with Crippen LogP contribution >= 0.6 is 11.3 Å². The maximum absolute atomic E-state index is 13.3. The molecule has 7 heteroatoms.